The molecule has 1 heterocycles. The Morgan fingerprint density at radius 1 is 1.30 bits per heavy atom. The molecule has 0 aliphatic carbocycles. The lowest BCUT2D eigenvalue weighted by Gasteiger charge is -2.10. The minimum absolute atomic E-state index is 0.0294. The maximum Gasteiger partial charge on any atom is 0.255 e. The number of pyridine rings is 1. The molecule has 0 aliphatic heterocycles. The molecule has 0 aliphatic rings. The Morgan fingerprint density at radius 2 is 2.10 bits per heavy atom. The number of amides is 1. The van der Waals surface area contributed by atoms with E-state index in [9.17, 15) is 9.90 Å². The fraction of sp³-hybridized carbons (Fsp3) is 0.250. The van der Waals surface area contributed by atoms with Gasteiger partial charge >= 0.3 is 0 Å². The summed E-state index contributed by atoms with van der Waals surface area (Å²) in [5.74, 6) is -0.263. The van der Waals surface area contributed by atoms with Crippen molar-refractivity contribution in [3.05, 3.63) is 58.9 Å². The number of benzene rings is 1. The van der Waals surface area contributed by atoms with Gasteiger partial charge in [-0.25, -0.2) is 0 Å². The minimum Gasteiger partial charge on any atom is -0.507 e. The Labute approximate surface area is 118 Å². The summed E-state index contributed by atoms with van der Waals surface area (Å²) in [4.78, 5) is 16.4. The number of nitrogens with one attached hydrogen (secondary N) is 1. The Bertz CT molecular complexity index is 624. The molecule has 0 saturated carbocycles. The molecule has 104 valence electrons. The maximum absolute atomic E-state index is 12.1. The van der Waals surface area contributed by atoms with Gasteiger partial charge in [0.1, 0.15) is 5.75 Å². The molecule has 0 fully saturated rings. The molecular formula is C16H18N2O2. The fourth-order valence-electron chi connectivity index (χ4n) is 2.05. The summed E-state index contributed by atoms with van der Waals surface area (Å²) in [7, 11) is 0. The molecule has 2 rings (SSSR count). The zero-order chi connectivity index (χ0) is 14.5. The number of aromatic nitrogens is 1. The summed E-state index contributed by atoms with van der Waals surface area (Å²) in [6, 6.07) is 9.01. The van der Waals surface area contributed by atoms with E-state index in [2.05, 4.69) is 17.2 Å². The highest BCUT2D eigenvalue weighted by Crippen LogP contribution is 2.21. The van der Waals surface area contributed by atoms with Gasteiger partial charge < -0.3 is 10.4 Å². The Balaban J connectivity index is 2.11. The highest BCUT2D eigenvalue weighted by atomic mass is 16.3. The summed E-state index contributed by atoms with van der Waals surface area (Å²) in [5.41, 5.74) is 2.94. The van der Waals surface area contributed by atoms with E-state index in [0.29, 0.717) is 17.7 Å². The van der Waals surface area contributed by atoms with Crippen LogP contribution >= 0.6 is 0 Å². The van der Waals surface area contributed by atoms with Crippen LogP contribution in [0.3, 0.4) is 0 Å². The average Bonchev–Trinajstić information content (AvgIpc) is 2.48. The monoisotopic (exact) mass is 270 g/mol. The smallest absolute Gasteiger partial charge is 0.255 e. The first-order chi connectivity index (χ1) is 9.63. The average molecular weight is 270 g/mol. The van der Waals surface area contributed by atoms with Gasteiger partial charge in [-0.2, -0.15) is 0 Å². The minimum atomic E-state index is -0.293. The van der Waals surface area contributed by atoms with Gasteiger partial charge in [-0.3, -0.25) is 9.78 Å². The zero-order valence-electron chi connectivity index (χ0n) is 11.7. The van der Waals surface area contributed by atoms with E-state index < -0.39 is 0 Å². The number of rotatable bonds is 4. The first-order valence-corrected chi connectivity index (χ1v) is 6.63. The first-order valence-electron chi connectivity index (χ1n) is 6.63. The molecule has 0 spiro atoms. The Kier molecular flexibility index (Phi) is 4.35. The number of aryl methyl sites for hydroxylation is 2. The maximum atomic E-state index is 12.1. The van der Waals surface area contributed by atoms with Crippen LogP contribution in [0.5, 0.6) is 5.75 Å². The molecule has 0 unspecified atom stereocenters. The third kappa shape index (κ3) is 2.96. The van der Waals surface area contributed by atoms with Crippen LogP contribution in [0.2, 0.25) is 0 Å². The fourth-order valence-corrected chi connectivity index (χ4v) is 2.05. The van der Waals surface area contributed by atoms with Crippen molar-refractivity contribution in [2.75, 3.05) is 0 Å². The lowest BCUT2D eigenvalue weighted by atomic mass is 10.1. The van der Waals surface area contributed by atoms with Crippen molar-refractivity contribution in [1.82, 2.24) is 10.3 Å². The van der Waals surface area contributed by atoms with E-state index in [1.807, 2.05) is 12.1 Å². The molecule has 20 heavy (non-hydrogen) atoms. The number of para-hydroxylation sites is 1. The summed E-state index contributed by atoms with van der Waals surface area (Å²) >= 11 is 0. The quantitative estimate of drug-likeness (QED) is 0.897. The predicted molar refractivity (Wildman–Crippen MR) is 77.6 cm³/mol. The van der Waals surface area contributed by atoms with Gasteiger partial charge in [-0.05, 0) is 36.6 Å². The molecule has 1 amide bonds. The molecule has 1 aromatic carbocycles. The number of carbonyl (C=O) groups is 1. The molecule has 0 bridgehead atoms. The van der Waals surface area contributed by atoms with Crippen LogP contribution in [0, 0.1) is 6.92 Å². The SMILES string of the molecule is CCc1cccnc1CNC(=O)c1cccc(C)c1O. The van der Waals surface area contributed by atoms with Crippen LogP contribution in [0.4, 0.5) is 0 Å². The standard InChI is InChI=1S/C16H18N2O2/c1-3-12-7-5-9-17-14(12)10-18-16(20)13-8-4-6-11(2)15(13)19/h4-9,19H,3,10H2,1-2H3,(H,18,20). The van der Waals surface area contributed by atoms with Gasteiger partial charge in [-0.1, -0.05) is 25.1 Å². The van der Waals surface area contributed by atoms with Crippen molar-refractivity contribution < 1.29 is 9.90 Å². The first kappa shape index (κ1) is 14.1. The number of phenolic OH excluding ortho intramolecular Hbond substituents is 1. The second-order valence-corrected chi connectivity index (χ2v) is 4.62. The number of phenols is 1. The van der Waals surface area contributed by atoms with Crippen molar-refractivity contribution in [3.8, 4) is 5.75 Å². The van der Waals surface area contributed by atoms with Crippen LogP contribution in [0.1, 0.15) is 34.1 Å². The molecule has 0 radical (unpaired) electrons. The molecule has 0 atom stereocenters. The topological polar surface area (TPSA) is 62.2 Å². The molecule has 4 heteroatoms. The molecule has 0 saturated heterocycles. The molecular weight excluding hydrogens is 252 g/mol. The number of hydrogen-bond donors (Lipinski definition) is 2. The number of aromatic hydroxyl groups is 1. The highest BCUT2D eigenvalue weighted by Gasteiger charge is 2.12. The van der Waals surface area contributed by atoms with E-state index in [4.69, 9.17) is 0 Å². The van der Waals surface area contributed by atoms with Crippen molar-refractivity contribution in [2.24, 2.45) is 0 Å². The van der Waals surface area contributed by atoms with Gasteiger partial charge in [0.15, 0.2) is 0 Å². The van der Waals surface area contributed by atoms with Crippen molar-refractivity contribution in [3.63, 3.8) is 0 Å². The lowest BCUT2D eigenvalue weighted by Crippen LogP contribution is -2.24. The third-order valence-corrected chi connectivity index (χ3v) is 3.26. The summed E-state index contributed by atoms with van der Waals surface area (Å²) in [5, 5.41) is 12.7. The van der Waals surface area contributed by atoms with Gasteiger partial charge in [0.2, 0.25) is 0 Å². The molecule has 4 nitrogen and oxygen atoms in total. The zero-order valence-corrected chi connectivity index (χ0v) is 11.7. The molecule has 2 aromatic rings. The second-order valence-electron chi connectivity index (χ2n) is 4.62. The summed E-state index contributed by atoms with van der Waals surface area (Å²) in [6.45, 7) is 4.17. The number of nitrogens with zero attached hydrogens (tertiary/aromatic N) is 1. The normalized spacial score (nSPS) is 10.3. The predicted octanol–water partition coefficient (Wildman–Crippen LogP) is 2.59. The molecule has 1 aromatic heterocycles. The van der Waals surface area contributed by atoms with E-state index >= 15 is 0 Å². The molecule has 2 N–H and O–H groups in total. The van der Waals surface area contributed by atoms with E-state index in [0.717, 1.165) is 17.7 Å². The van der Waals surface area contributed by atoms with Crippen molar-refractivity contribution in [1.29, 1.82) is 0 Å². The highest BCUT2D eigenvalue weighted by molar-refractivity contribution is 5.97. The van der Waals surface area contributed by atoms with E-state index in [1.165, 1.54) is 0 Å². The van der Waals surface area contributed by atoms with E-state index in [-0.39, 0.29) is 11.7 Å². The van der Waals surface area contributed by atoms with Crippen LogP contribution in [-0.2, 0) is 13.0 Å². The van der Waals surface area contributed by atoms with Gasteiger partial charge in [0.25, 0.3) is 5.91 Å². The Hall–Kier alpha value is -2.36. The third-order valence-electron chi connectivity index (χ3n) is 3.26. The van der Waals surface area contributed by atoms with Crippen LogP contribution < -0.4 is 5.32 Å². The Morgan fingerprint density at radius 3 is 2.85 bits per heavy atom. The number of carbonyl (C=O) groups excluding carboxylic acids is 1. The van der Waals surface area contributed by atoms with Crippen LogP contribution in [-0.4, -0.2) is 16.0 Å². The second kappa shape index (κ2) is 6.19. The van der Waals surface area contributed by atoms with Crippen LogP contribution in [0.25, 0.3) is 0 Å². The summed E-state index contributed by atoms with van der Waals surface area (Å²) < 4.78 is 0. The van der Waals surface area contributed by atoms with Crippen LogP contribution in [0.15, 0.2) is 36.5 Å². The van der Waals surface area contributed by atoms with Gasteiger partial charge in [-0.15, -0.1) is 0 Å². The van der Waals surface area contributed by atoms with Crippen molar-refractivity contribution >= 4 is 5.91 Å². The van der Waals surface area contributed by atoms with Crippen molar-refractivity contribution in [2.45, 2.75) is 26.8 Å². The lowest BCUT2D eigenvalue weighted by molar-refractivity contribution is 0.0947. The number of hydrogen-bond acceptors (Lipinski definition) is 3. The van der Waals surface area contributed by atoms with E-state index in [1.54, 1.807) is 31.3 Å². The van der Waals surface area contributed by atoms with Gasteiger partial charge in [0, 0.05) is 6.20 Å². The largest absolute Gasteiger partial charge is 0.507 e. The summed E-state index contributed by atoms with van der Waals surface area (Å²) in [6.07, 6.45) is 2.58. The van der Waals surface area contributed by atoms with Gasteiger partial charge in [0.05, 0.1) is 17.8 Å².